The summed E-state index contributed by atoms with van der Waals surface area (Å²) in [5, 5.41) is 39.8. The molecule has 0 saturated heterocycles. The van der Waals surface area contributed by atoms with Crippen molar-refractivity contribution in [2.24, 2.45) is 5.92 Å². The van der Waals surface area contributed by atoms with Crippen molar-refractivity contribution in [1.82, 2.24) is 0 Å². The Balaban J connectivity index is 1.73. The second kappa shape index (κ2) is 12.7. The minimum absolute atomic E-state index is 0.0795. The molecule has 0 bridgehead atoms. The van der Waals surface area contributed by atoms with Crippen LogP contribution in [0.1, 0.15) is 31.2 Å². The Morgan fingerprint density at radius 1 is 1.30 bits per heavy atom. The molecule has 5 atom stereocenters. The van der Waals surface area contributed by atoms with Crippen molar-refractivity contribution in [3.8, 4) is 5.75 Å². The Bertz CT molecular complexity index is 675. The second-order valence-electron chi connectivity index (χ2n) is 7.67. The van der Waals surface area contributed by atoms with E-state index in [9.17, 15) is 20.1 Å². The van der Waals surface area contributed by atoms with Crippen molar-refractivity contribution in [2.75, 3.05) is 25.6 Å². The first-order valence-corrected chi connectivity index (χ1v) is 11.5. The third kappa shape index (κ3) is 8.24. The minimum Gasteiger partial charge on any atom is -0.489 e. The van der Waals surface area contributed by atoms with Gasteiger partial charge < -0.3 is 29.9 Å². The molecular formula is C21H31ClO7S. The van der Waals surface area contributed by atoms with Gasteiger partial charge >= 0.3 is 5.97 Å². The number of aliphatic hydroxyl groups excluding tert-OH is 3. The summed E-state index contributed by atoms with van der Waals surface area (Å²) in [5.74, 6) is -0.182. The van der Waals surface area contributed by atoms with Gasteiger partial charge in [-0.25, -0.2) is 4.79 Å². The van der Waals surface area contributed by atoms with Gasteiger partial charge in [-0.2, -0.15) is 11.8 Å². The van der Waals surface area contributed by atoms with E-state index >= 15 is 0 Å². The van der Waals surface area contributed by atoms with Gasteiger partial charge in [-0.15, -0.1) is 0 Å². The zero-order chi connectivity index (χ0) is 22.1. The van der Waals surface area contributed by atoms with Gasteiger partial charge in [0.25, 0.3) is 0 Å². The molecule has 4 N–H and O–H groups in total. The number of thioether (sulfide) groups is 1. The van der Waals surface area contributed by atoms with Crippen LogP contribution in [0.5, 0.6) is 5.75 Å². The van der Waals surface area contributed by atoms with Crippen LogP contribution in [0.25, 0.3) is 0 Å². The van der Waals surface area contributed by atoms with Gasteiger partial charge in [0.2, 0.25) is 0 Å². The molecule has 0 heterocycles. The lowest BCUT2D eigenvalue weighted by Crippen LogP contribution is -2.28. The number of carbonyl (C=O) groups is 1. The van der Waals surface area contributed by atoms with Crippen LogP contribution in [0.2, 0.25) is 5.02 Å². The largest absolute Gasteiger partial charge is 0.489 e. The van der Waals surface area contributed by atoms with Crippen molar-refractivity contribution < 1.29 is 34.7 Å². The van der Waals surface area contributed by atoms with Gasteiger partial charge in [0.1, 0.15) is 19.0 Å². The third-order valence-electron chi connectivity index (χ3n) is 5.08. The highest BCUT2D eigenvalue weighted by Crippen LogP contribution is 2.39. The molecule has 1 saturated carbocycles. The number of aliphatic hydroxyl groups is 3. The summed E-state index contributed by atoms with van der Waals surface area (Å²) in [4.78, 5) is 10.4. The highest BCUT2D eigenvalue weighted by atomic mass is 35.5. The van der Waals surface area contributed by atoms with E-state index in [1.807, 2.05) is 13.0 Å². The Morgan fingerprint density at radius 3 is 2.77 bits per heavy atom. The molecule has 1 fully saturated rings. The molecule has 1 aliphatic rings. The Hall–Kier alpha value is -1.03. The van der Waals surface area contributed by atoms with Crippen LogP contribution in [0, 0.1) is 12.8 Å². The SMILES string of the molecule is Cc1ccc(OCC(O)CSC2C(O)CC(O)C2CCCCOCC(=O)O)c(Cl)c1. The molecule has 1 aromatic rings. The fourth-order valence-corrected chi connectivity index (χ4v) is 5.30. The van der Waals surface area contributed by atoms with E-state index in [2.05, 4.69) is 0 Å². The van der Waals surface area contributed by atoms with Crippen LogP contribution < -0.4 is 4.74 Å². The van der Waals surface area contributed by atoms with E-state index < -0.39 is 24.3 Å². The van der Waals surface area contributed by atoms with Gasteiger partial charge in [-0.05, 0) is 43.4 Å². The average Bonchev–Trinajstić information content (AvgIpc) is 2.94. The zero-order valence-electron chi connectivity index (χ0n) is 17.1. The van der Waals surface area contributed by atoms with Crippen LogP contribution in [0.3, 0.4) is 0 Å². The predicted molar refractivity (Wildman–Crippen MR) is 116 cm³/mol. The van der Waals surface area contributed by atoms with E-state index in [1.165, 1.54) is 11.8 Å². The average molecular weight is 463 g/mol. The van der Waals surface area contributed by atoms with Gasteiger partial charge in [0, 0.05) is 24.0 Å². The summed E-state index contributed by atoms with van der Waals surface area (Å²) >= 11 is 7.58. The smallest absolute Gasteiger partial charge is 0.329 e. The minimum atomic E-state index is -0.993. The summed E-state index contributed by atoms with van der Waals surface area (Å²) in [6.07, 6.45) is 0.541. The van der Waals surface area contributed by atoms with Crippen molar-refractivity contribution in [2.45, 2.75) is 56.2 Å². The molecule has 0 amide bonds. The van der Waals surface area contributed by atoms with Crippen molar-refractivity contribution in [3.63, 3.8) is 0 Å². The second-order valence-corrected chi connectivity index (χ2v) is 9.29. The van der Waals surface area contributed by atoms with E-state index in [4.69, 9.17) is 26.2 Å². The number of benzene rings is 1. The first-order chi connectivity index (χ1) is 14.3. The molecule has 7 nitrogen and oxygen atoms in total. The zero-order valence-corrected chi connectivity index (χ0v) is 18.6. The van der Waals surface area contributed by atoms with E-state index in [1.54, 1.807) is 12.1 Å². The number of carboxylic acid groups (broad SMARTS) is 1. The van der Waals surface area contributed by atoms with Crippen molar-refractivity contribution >= 4 is 29.3 Å². The van der Waals surface area contributed by atoms with Crippen LogP contribution in [-0.2, 0) is 9.53 Å². The van der Waals surface area contributed by atoms with Gasteiger partial charge in [-0.3, -0.25) is 0 Å². The van der Waals surface area contributed by atoms with Gasteiger partial charge in [0.05, 0.1) is 23.3 Å². The molecule has 9 heteroatoms. The Kier molecular flexibility index (Phi) is 10.7. The summed E-state index contributed by atoms with van der Waals surface area (Å²) in [5.41, 5.74) is 1.02. The van der Waals surface area contributed by atoms with E-state index in [0.29, 0.717) is 42.4 Å². The normalized spacial score (nSPS) is 24.7. The fourth-order valence-electron chi connectivity index (χ4n) is 3.57. The summed E-state index contributed by atoms with van der Waals surface area (Å²) in [6.45, 7) is 2.07. The Labute approximate surface area is 186 Å². The van der Waals surface area contributed by atoms with Crippen LogP contribution in [0.15, 0.2) is 18.2 Å². The molecule has 0 aromatic heterocycles. The topological polar surface area (TPSA) is 116 Å². The molecule has 0 aliphatic heterocycles. The number of aryl methyl sites for hydroxylation is 1. The monoisotopic (exact) mass is 462 g/mol. The molecule has 5 unspecified atom stereocenters. The molecule has 2 rings (SSSR count). The van der Waals surface area contributed by atoms with Crippen LogP contribution >= 0.6 is 23.4 Å². The lowest BCUT2D eigenvalue weighted by Gasteiger charge is -2.24. The van der Waals surface area contributed by atoms with Gasteiger partial charge in [0.15, 0.2) is 0 Å². The molecule has 30 heavy (non-hydrogen) atoms. The highest BCUT2D eigenvalue weighted by Gasteiger charge is 2.41. The summed E-state index contributed by atoms with van der Waals surface area (Å²) in [6, 6.07) is 5.45. The number of aliphatic carboxylic acids is 1. The number of carboxylic acids is 1. The van der Waals surface area contributed by atoms with E-state index in [0.717, 1.165) is 12.0 Å². The number of hydrogen-bond acceptors (Lipinski definition) is 7. The highest BCUT2D eigenvalue weighted by molar-refractivity contribution is 8.00. The van der Waals surface area contributed by atoms with Crippen molar-refractivity contribution in [3.05, 3.63) is 28.8 Å². The van der Waals surface area contributed by atoms with E-state index in [-0.39, 0.29) is 24.4 Å². The molecule has 0 radical (unpaired) electrons. The molecule has 0 spiro atoms. The van der Waals surface area contributed by atoms with Crippen LogP contribution in [0.4, 0.5) is 0 Å². The third-order valence-corrected chi connectivity index (χ3v) is 7.00. The lowest BCUT2D eigenvalue weighted by molar-refractivity contribution is -0.142. The number of halogens is 1. The first kappa shape index (κ1) is 25.2. The summed E-state index contributed by atoms with van der Waals surface area (Å²) < 4.78 is 10.6. The molecular weight excluding hydrogens is 432 g/mol. The number of ether oxygens (including phenoxy) is 2. The predicted octanol–water partition coefficient (Wildman–Crippen LogP) is 2.50. The number of unbranched alkanes of at least 4 members (excludes halogenated alkanes) is 1. The molecule has 1 aromatic carbocycles. The molecule has 1 aliphatic carbocycles. The molecule has 170 valence electrons. The maximum Gasteiger partial charge on any atom is 0.329 e. The van der Waals surface area contributed by atoms with Gasteiger partial charge in [-0.1, -0.05) is 24.1 Å². The quantitative estimate of drug-likeness (QED) is 0.330. The fraction of sp³-hybridized carbons (Fsp3) is 0.667. The maximum atomic E-state index is 10.4. The maximum absolute atomic E-state index is 10.4. The standard InChI is InChI=1S/C21H31ClO7S/c1-13-5-6-19(16(22)8-13)29-10-14(23)12-30-21-15(17(24)9-18(21)25)4-2-3-7-28-11-20(26)27/h5-6,8,14-15,17-18,21,23-25H,2-4,7,9-12H2,1H3,(H,26,27). The Morgan fingerprint density at radius 2 is 2.07 bits per heavy atom. The van der Waals surface area contributed by atoms with Crippen molar-refractivity contribution in [1.29, 1.82) is 0 Å². The number of hydrogen-bond donors (Lipinski definition) is 4. The summed E-state index contributed by atoms with van der Waals surface area (Å²) in [7, 11) is 0. The lowest BCUT2D eigenvalue weighted by atomic mass is 9.98. The number of rotatable bonds is 13. The first-order valence-electron chi connectivity index (χ1n) is 10.1. The van der Waals surface area contributed by atoms with Crippen LogP contribution in [-0.4, -0.2) is 75.5 Å².